The number of anilines is 2. The molecule has 1 aromatic carbocycles. The van der Waals surface area contributed by atoms with E-state index in [0.29, 0.717) is 11.4 Å². The molecule has 0 spiro atoms. The van der Waals surface area contributed by atoms with Crippen LogP contribution in [0, 0.1) is 6.92 Å². The number of halogens is 3. The number of nitrogens with one attached hydrogen (secondary N) is 1. The molecule has 1 heterocycles. The van der Waals surface area contributed by atoms with Crippen molar-refractivity contribution in [2.45, 2.75) is 19.6 Å². The molecule has 6 nitrogen and oxygen atoms in total. The first-order chi connectivity index (χ1) is 13.1. The Morgan fingerprint density at radius 2 is 1.86 bits per heavy atom. The smallest absolute Gasteiger partial charge is 0.419 e. The lowest BCUT2D eigenvalue weighted by Crippen LogP contribution is -2.28. The lowest BCUT2D eigenvalue weighted by Gasteiger charge is -2.20. The van der Waals surface area contributed by atoms with Crippen LogP contribution in [0.25, 0.3) is 0 Å². The van der Waals surface area contributed by atoms with Crippen LogP contribution in [-0.2, 0) is 12.7 Å². The molecule has 1 aromatic heterocycles. The Balaban J connectivity index is 2.13. The van der Waals surface area contributed by atoms with Gasteiger partial charge in [0, 0.05) is 25.8 Å². The third-order valence-corrected chi connectivity index (χ3v) is 4.18. The number of rotatable bonds is 8. The number of alkyl halides is 3. The second-order valence-electron chi connectivity index (χ2n) is 6.89. The van der Waals surface area contributed by atoms with Gasteiger partial charge in [-0.1, -0.05) is 6.07 Å². The number of methoxy groups -OCH3 is 1. The van der Waals surface area contributed by atoms with Gasteiger partial charge in [0.25, 0.3) is 0 Å². The molecule has 2 aromatic rings. The van der Waals surface area contributed by atoms with Gasteiger partial charge in [-0.15, -0.1) is 0 Å². The number of aromatic nitrogens is 2. The molecule has 0 aliphatic rings. The highest BCUT2D eigenvalue weighted by Crippen LogP contribution is 2.32. The second-order valence-corrected chi connectivity index (χ2v) is 6.89. The van der Waals surface area contributed by atoms with Crippen LogP contribution in [0.1, 0.15) is 16.8 Å². The number of hydrogen-bond donors (Lipinski definition) is 1. The van der Waals surface area contributed by atoms with Crippen molar-refractivity contribution in [2.75, 3.05) is 46.7 Å². The van der Waals surface area contributed by atoms with E-state index in [4.69, 9.17) is 4.74 Å². The summed E-state index contributed by atoms with van der Waals surface area (Å²) in [6, 6.07) is 5.64. The van der Waals surface area contributed by atoms with E-state index in [1.54, 1.807) is 7.11 Å². The fourth-order valence-electron chi connectivity index (χ4n) is 2.62. The molecule has 0 amide bonds. The molecule has 1 N–H and O–H groups in total. The van der Waals surface area contributed by atoms with Gasteiger partial charge in [0.15, 0.2) is 0 Å². The van der Waals surface area contributed by atoms with E-state index in [0.717, 1.165) is 31.4 Å². The third-order valence-electron chi connectivity index (χ3n) is 4.18. The zero-order valence-electron chi connectivity index (χ0n) is 16.8. The fraction of sp³-hybridized carbons (Fsp3) is 0.474. The van der Waals surface area contributed by atoms with E-state index in [-0.39, 0.29) is 11.6 Å². The first kappa shape index (κ1) is 21.9. The van der Waals surface area contributed by atoms with Crippen LogP contribution in [0.15, 0.2) is 24.4 Å². The van der Waals surface area contributed by atoms with Gasteiger partial charge < -0.3 is 19.9 Å². The number of ether oxygens (including phenoxy) is 1. The maximum atomic E-state index is 12.8. The van der Waals surface area contributed by atoms with Crippen LogP contribution < -0.4 is 10.1 Å². The zero-order valence-corrected chi connectivity index (χ0v) is 16.8. The van der Waals surface area contributed by atoms with Gasteiger partial charge in [-0.3, -0.25) is 0 Å². The SMILES string of the molecule is COc1cc(CN(C)CCN(C)C)ccc1Nc1ncc(C(F)(F)F)c(C)n1. The minimum absolute atomic E-state index is 0.0830. The van der Waals surface area contributed by atoms with Crippen molar-refractivity contribution in [2.24, 2.45) is 0 Å². The lowest BCUT2D eigenvalue weighted by atomic mass is 10.1. The topological polar surface area (TPSA) is 53.5 Å². The number of hydrogen-bond acceptors (Lipinski definition) is 6. The first-order valence-corrected chi connectivity index (χ1v) is 8.78. The molecule has 28 heavy (non-hydrogen) atoms. The molecular weight excluding hydrogens is 371 g/mol. The van der Waals surface area contributed by atoms with Gasteiger partial charge in [0.2, 0.25) is 5.95 Å². The highest BCUT2D eigenvalue weighted by Gasteiger charge is 2.33. The number of aryl methyl sites for hydroxylation is 1. The van der Waals surface area contributed by atoms with Crippen molar-refractivity contribution in [3.63, 3.8) is 0 Å². The molecule has 0 radical (unpaired) electrons. The molecular formula is C19H26F3N5O. The number of benzene rings is 1. The molecule has 0 unspecified atom stereocenters. The summed E-state index contributed by atoms with van der Waals surface area (Å²) in [5, 5.41) is 2.93. The monoisotopic (exact) mass is 397 g/mol. The van der Waals surface area contributed by atoms with Crippen LogP contribution in [0.3, 0.4) is 0 Å². The van der Waals surface area contributed by atoms with Crippen molar-refractivity contribution in [3.05, 3.63) is 41.2 Å². The molecule has 0 bridgehead atoms. The second kappa shape index (κ2) is 9.20. The van der Waals surface area contributed by atoms with Crippen molar-refractivity contribution < 1.29 is 17.9 Å². The Morgan fingerprint density at radius 3 is 2.43 bits per heavy atom. The number of nitrogens with zero attached hydrogens (tertiary/aromatic N) is 4. The summed E-state index contributed by atoms with van der Waals surface area (Å²) >= 11 is 0. The molecule has 154 valence electrons. The van der Waals surface area contributed by atoms with Gasteiger partial charge in [-0.05, 0) is 45.8 Å². The standard InChI is InChI=1S/C19H26F3N5O/c1-13-15(19(20,21)22)11-23-18(24-13)25-16-7-6-14(10-17(16)28-5)12-27(4)9-8-26(2)3/h6-7,10-11H,8-9,12H2,1-5H3,(H,23,24,25). The van der Waals surface area contributed by atoms with Crippen molar-refractivity contribution >= 4 is 11.6 Å². The molecule has 0 saturated heterocycles. The van der Waals surface area contributed by atoms with E-state index >= 15 is 0 Å². The van der Waals surface area contributed by atoms with E-state index in [2.05, 4.69) is 25.1 Å². The van der Waals surface area contributed by atoms with Crippen molar-refractivity contribution in [1.29, 1.82) is 0 Å². The van der Waals surface area contributed by atoms with Gasteiger partial charge in [0.05, 0.1) is 24.1 Å². The number of likely N-dealkylation sites (N-methyl/N-ethyl adjacent to an activating group) is 2. The summed E-state index contributed by atoms with van der Waals surface area (Å²) in [6.07, 6.45) is -3.69. The summed E-state index contributed by atoms with van der Waals surface area (Å²) in [6.45, 7) is 3.94. The molecule has 0 aliphatic carbocycles. The normalized spacial score (nSPS) is 11.9. The van der Waals surface area contributed by atoms with E-state index in [1.165, 1.54) is 6.92 Å². The zero-order chi connectivity index (χ0) is 20.9. The summed E-state index contributed by atoms with van der Waals surface area (Å²) in [5.74, 6) is 0.652. The van der Waals surface area contributed by atoms with Gasteiger partial charge in [0.1, 0.15) is 5.75 Å². The molecule has 9 heteroatoms. The summed E-state index contributed by atoms with van der Waals surface area (Å²) in [7, 11) is 7.64. The average Bonchev–Trinajstić information content (AvgIpc) is 2.60. The first-order valence-electron chi connectivity index (χ1n) is 8.78. The van der Waals surface area contributed by atoms with Crippen molar-refractivity contribution in [3.8, 4) is 5.75 Å². The summed E-state index contributed by atoms with van der Waals surface area (Å²) < 4.78 is 44.0. The average molecular weight is 397 g/mol. The highest BCUT2D eigenvalue weighted by atomic mass is 19.4. The van der Waals surface area contributed by atoms with Crippen molar-refractivity contribution in [1.82, 2.24) is 19.8 Å². The lowest BCUT2D eigenvalue weighted by molar-refractivity contribution is -0.138. The minimum atomic E-state index is -4.47. The van der Waals surface area contributed by atoms with E-state index < -0.39 is 11.7 Å². The fourth-order valence-corrected chi connectivity index (χ4v) is 2.62. The largest absolute Gasteiger partial charge is 0.495 e. The quantitative estimate of drug-likeness (QED) is 0.735. The van der Waals surface area contributed by atoms with E-state index in [1.807, 2.05) is 39.3 Å². The predicted octanol–water partition coefficient (Wildman–Crippen LogP) is 3.55. The highest BCUT2D eigenvalue weighted by molar-refractivity contribution is 5.63. The Morgan fingerprint density at radius 1 is 1.14 bits per heavy atom. The van der Waals surface area contributed by atoms with Gasteiger partial charge in [-0.25, -0.2) is 9.97 Å². The van der Waals surface area contributed by atoms with Gasteiger partial charge >= 0.3 is 6.18 Å². The predicted molar refractivity (Wildman–Crippen MR) is 103 cm³/mol. The maximum Gasteiger partial charge on any atom is 0.419 e. The maximum absolute atomic E-state index is 12.8. The Kier molecular flexibility index (Phi) is 7.20. The molecule has 0 aliphatic heterocycles. The van der Waals surface area contributed by atoms with Crippen LogP contribution in [-0.4, -0.2) is 61.1 Å². The Labute approximate surface area is 163 Å². The Bertz CT molecular complexity index is 796. The van der Waals surface area contributed by atoms with Crippen LogP contribution in [0.5, 0.6) is 5.75 Å². The third kappa shape index (κ3) is 6.07. The molecule has 0 saturated carbocycles. The molecule has 2 rings (SSSR count). The Hall–Kier alpha value is -2.39. The van der Waals surface area contributed by atoms with Crippen LogP contribution >= 0.6 is 0 Å². The van der Waals surface area contributed by atoms with Crippen LogP contribution in [0.2, 0.25) is 0 Å². The van der Waals surface area contributed by atoms with Crippen LogP contribution in [0.4, 0.5) is 24.8 Å². The summed E-state index contributed by atoms with van der Waals surface area (Å²) in [4.78, 5) is 12.0. The minimum Gasteiger partial charge on any atom is -0.495 e. The summed E-state index contributed by atoms with van der Waals surface area (Å²) in [5.41, 5.74) is 0.666. The van der Waals surface area contributed by atoms with E-state index in [9.17, 15) is 13.2 Å². The van der Waals surface area contributed by atoms with Gasteiger partial charge in [-0.2, -0.15) is 13.2 Å². The molecule has 0 atom stereocenters. The molecule has 0 fully saturated rings.